The van der Waals surface area contributed by atoms with Crippen molar-refractivity contribution in [3.8, 4) is 0 Å². The number of alkyl halides is 3. The Morgan fingerprint density at radius 2 is 1.72 bits per heavy atom. The molecule has 0 radical (unpaired) electrons. The lowest BCUT2D eigenvalue weighted by molar-refractivity contribution is -0.176. The van der Waals surface area contributed by atoms with E-state index in [1.165, 1.54) is 0 Å². The number of carbonyl (C=O) groups is 2. The maximum absolute atomic E-state index is 12.3. The molecule has 0 saturated carbocycles. The smallest absolute Gasteiger partial charge is 0.367 e. The zero-order chi connectivity index (χ0) is 20.9. The fourth-order valence-corrected chi connectivity index (χ4v) is 2.83. The zero-order valence-electron chi connectivity index (χ0n) is 15.5. The van der Waals surface area contributed by atoms with Gasteiger partial charge in [0, 0.05) is 30.9 Å². The summed E-state index contributed by atoms with van der Waals surface area (Å²) in [7, 11) is 0. The molecular formula is C20H20F3N3O3. The van der Waals surface area contributed by atoms with Gasteiger partial charge in [-0.25, -0.2) is 4.79 Å². The number of halogens is 3. The second-order valence-electron chi connectivity index (χ2n) is 6.54. The van der Waals surface area contributed by atoms with Gasteiger partial charge in [0.05, 0.1) is 6.61 Å². The number of anilines is 1. The van der Waals surface area contributed by atoms with Gasteiger partial charge in [0.1, 0.15) is 6.61 Å². The van der Waals surface area contributed by atoms with E-state index in [-0.39, 0.29) is 25.1 Å². The number of nitrogens with one attached hydrogen (secondary N) is 2. The summed E-state index contributed by atoms with van der Waals surface area (Å²) in [6.07, 6.45) is -4.34. The lowest BCUT2D eigenvalue weighted by Gasteiger charge is -2.14. The molecule has 0 spiro atoms. The molecule has 3 rings (SSSR count). The van der Waals surface area contributed by atoms with E-state index in [0.29, 0.717) is 24.2 Å². The van der Waals surface area contributed by atoms with Gasteiger partial charge in [-0.2, -0.15) is 13.2 Å². The monoisotopic (exact) mass is 407 g/mol. The Morgan fingerprint density at radius 1 is 1.07 bits per heavy atom. The first-order chi connectivity index (χ1) is 13.8. The molecule has 1 aliphatic heterocycles. The van der Waals surface area contributed by atoms with E-state index in [2.05, 4.69) is 15.4 Å². The summed E-state index contributed by atoms with van der Waals surface area (Å²) in [5, 5.41) is 5.50. The Morgan fingerprint density at radius 3 is 2.31 bits per heavy atom. The molecule has 1 heterocycles. The molecule has 2 N–H and O–H groups in total. The standard InChI is InChI=1S/C20H20F3N3O3/c21-20(22,23)13-29-12-15-3-1-14(2-4-15)11-25-18(27)16-5-7-17(8-6-16)26-10-9-24-19(26)28/h1-8H,9-13H2,(H,24,28)(H,25,27). The van der Waals surface area contributed by atoms with Gasteiger partial charge in [-0.15, -0.1) is 0 Å². The highest BCUT2D eigenvalue weighted by Crippen LogP contribution is 2.18. The number of benzene rings is 2. The molecule has 6 nitrogen and oxygen atoms in total. The summed E-state index contributed by atoms with van der Waals surface area (Å²) < 4.78 is 40.8. The van der Waals surface area contributed by atoms with Gasteiger partial charge < -0.3 is 15.4 Å². The quantitative estimate of drug-likeness (QED) is 0.741. The van der Waals surface area contributed by atoms with Crippen LogP contribution in [0.1, 0.15) is 21.5 Å². The van der Waals surface area contributed by atoms with Crippen LogP contribution in [-0.2, 0) is 17.9 Å². The molecular weight excluding hydrogens is 387 g/mol. The van der Waals surface area contributed by atoms with Crippen molar-refractivity contribution >= 4 is 17.6 Å². The SMILES string of the molecule is O=C(NCc1ccc(COCC(F)(F)F)cc1)c1ccc(N2CCNC2=O)cc1. The van der Waals surface area contributed by atoms with Crippen LogP contribution >= 0.6 is 0 Å². The Hall–Kier alpha value is -3.07. The van der Waals surface area contributed by atoms with Crippen LogP contribution in [0.3, 0.4) is 0 Å². The first-order valence-electron chi connectivity index (χ1n) is 8.98. The highest BCUT2D eigenvalue weighted by Gasteiger charge is 2.27. The lowest BCUT2D eigenvalue weighted by Crippen LogP contribution is -2.27. The minimum Gasteiger partial charge on any atom is -0.367 e. The predicted octanol–water partition coefficient (Wildman–Crippen LogP) is 3.23. The van der Waals surface area contributed by atoms with E-state index in [9.17, 15) is 22.8 Å². The maximum atomic E-state index is 12.3. The van der Waals surface area contributed by atoms with Crippen molar-refractivity contribution in [1.29, 1.82) is 0 Å². The molecule has 3 amide bonds. The molecule has 2 aromatic carbocycles. The van der Waals surface area contributed by atoms with E-state index in [1.807, 2.05) is 0 Å². The maximum Gasteiger partial charge on any atom is 0.411 e. The Bertz CT molecular complexity index is 852. The number of hydrogen-bond donors (Lipinski definition) is 2. The van der Waals surface area contributed by atoms with Crippen LogP contribution < -0.4 is 15.5 Å². The van der Waals surface area contributed by atoms with Crippen LogP contribution in [-0.4, -0.2) is 37.8 Å². The summed E-state index contributed by atoms with van der Waals surface area (Å²) in [5.41, 5.74) is 2.61. The fourth-order valence-electron chi connectivity index (χ4n) is 2.83. The van der Waals surface area contributed by atoms with E-state index >= 15 is 0 Å². The van der Waals surface area contributed by atoms with E-state index in [4.69, 9.17) is 0 Å². The van der Waals surface area contributed by atoms with E-state index < -0.39 is 12.8 Å². The third-order valence-electron chi connectivity index (χ3n) is 4.31. The topological polar surface area (TPSA) is 70.7 Å². The zero-order valence-corrected chi connectivity index (χ0v) is 15.5. The number of amides is 3. The van der Waals surface area contributed by atoms with Crippen molar-refractivity contribution < 1.29 is 27.5 Å². The number of urea groups is 1. The Labute approximate surface area is 165 Å². The summed E-state index contributed by atoms with van der Waals surface area (Å²) in [6.45, 7) is 0.0360. The second kappa shape index (κ2) is 8.95. The van der Waals surface area contributed by atoms with E-state index in [1.54, 1.807) is 53.4 Å². The second-order valence-corrected chi connectivity index (χ2v) is 6.54. The average molecular weight is 407 g/mol. The van der Waals surface area contributed by atoms with Gasteiger partial charge in [0.2, 0.25) is 0 Å². The largest absolute Gasteiger partial charge is 0.411 e. The van der Waals surface area contributed by atoms with Crippen LogP contribution in [0.4, 0.5) is 23.7 Å². The minimum atomic E-state index is -4.34. The summed E-state index contributed by atoms with van der Waals surface area (Å²) >= 11 is 0. The Balaban J connectivity index is 1.48. The fraction of sp³-hybridized carbons (Fsp3) is 0.300. The molecule has 1 fully saturated rings. The van der Waals surface area contributed by atoms with Crippen LogP contribution in [0.15, 0.2) is 48.5 Å². The van der Waals surface area contributed by atoms with E-state index in [0.717, 1.165) is 11.3 Å². The van der Waals surface area contributed by atoms with Crippen molar-refractivity contribution in [3.63, 3.8) is 0 Å². The van der Waals surface area contributed by atoms with Crippen LogP contribution in [0.25, 0.3) is 0 Å². The molecule has 9 heteroatoms. The number of rotatable bonds is 7. The van der Waals surface area contributed by atoms with Crippen molar-refractivity contribution in [2.45, 2.75) is 19.3 Å². The third-order valence-corrected chi connectivity index (χ3v) is 4.31. The van der Waals surface area contributed by atoms with Crippen molar-refractivity contribution in [2.24, 2.45) is 0 Å². The lowest BCUT2D eigenvalue weighted by atomic mass is 10.1. The highest BCUT2D eigenvalue weighted by atomic mass is 19.4. The van der Waals surface area contributed by atoms with Crippen molar-refractivity contribution in [1.82, 2.24) is 10.6 Å². The predicted molar refractivity (Wildman–Crippen MR) is 101 cm³/mol. The normalized spacial score (nSPS) is 14.0. The van der Waals surface area contributed by atoms with Gasteiger partial charge in [-0.3, -0.25) is 9.69 Å². The van der Waals surface area contributed by atoms with Gasteiger partial charge >= 0.3 is 12.2 Å². The van der Waals surface area contributed by atoms with Gasteiger partial charge in [0.15, 0.2) is 0 Å². The van der Waals surface area contributed by atoms with Crippen LogP contribution in [0.2, 0.25) is 0 Å². The molecule has 1 saturated heterocycles. The molecule has 0 aliphatic carbocycles. The third kappa shape index (κ3) is 5.95. The van der Waals surface area contributed by atoms with Crippen LogP contribution in [0.5, 0.6) is 0 Å². The van der Waals surface area contributed by atoms with Crippen LogP contribution in [0, 0.1) is 0 Å². The molecule has 0 aromatic heterocycles. The molecule has 2 aromatic rings. The average Bonchev–Trinajstić information content (AvgIpc) is 3.12. The molecule has 0 unspecified atom stereocenters. The molecule has 154 valence electrons. The van der Waals surface area contributed by atoms with Crippen molar-refractivity contribution in [2.75, 3.05) is 24.6 Å². The number of nitrogens with zero attached hydrogens (tertiary/aromatic N) is 1. The number of hydrogen-bond acceptors (Lipinski definition) is 3. The van der Waals surface area contributed by atoms with Gasteiger partial charge in [-0.05, 0) is 35.4 Å². The molecule has 1 aliphatic rings. The number of ether oxygens (including phenoxy) is 1. The highest BCUT2D eigenvalue weighted by molar-refractivity contribution is 5.96. The number of carbonyl (C=O) groups excluding carboxylic acids is 2. The van der Waals surface area contributed by atoms with Gasteiger partial charge in [0.25, 0.3) is 5.91 Å². The first kappa shape index (κ1) is 20.7. The summed E-state index contributed by atoms with van der Waals surface area (Å²) in [6, 6.07) is 13.3. The summed E-state index contributed by atoms with van der Waals surface area (Å²) in [5.74, 6) is -0.264. The molecule has 0 atom stereocenters. The van der Waals surface area contributed by atoms with Crippen molar-refractivity contribution in [3.05, 3.63) is 65.2 Å². The molecule has 0 bridgehead atoms. The first-order valence-corrected chi connectivity index (χ1v) is 8.98. The minimum absolute atomic E-state index is 0.131. The Kier molecular flexibility index (Phi) is 6.38. The van der Waals surface area contributed by atoms with Gasteiger partial charge in [-0.1, -0.05) is 24.3 Å². The molecule has 29 heavy (non-hydrogen) atoms. The summed E-state index contributed by atoms with van der Waals surface area (Å²) in [4.78, 5) is 25.5.